The number of amides is 2. The highest BCUT2D eigenvalue weighted by Crippen LogP contribution is 2.19. The van der Waals surface area contributed by atoms with Gasteiger partial charge in [0.05, 0.1) is 29.0 Å². The van der Waals surface area contributed by atoms with Crippen LogP contribution in [0.3, 0.4) is 0 Å². The molecular formula is C25H25FN6O2S. The average molecular weight is 493 g/mol. The molecule has 2 aromatic carbocycles. The van der Waals surface area contributed by atoms with E-state index in [4.69, 9.17) is 0 Å². The van der Waals surface area contributed by atoms with Gasteiger partial charge in [0.25, 0.3) is 0 Å². The first-order valence-electron chi connectivity index (χ1n) is 11.0. The number of aromatic nitrogens is 4. The number of hydrogen-bond acceptors (Lipinski definition) is 5. The fourth-order valence-corrected chi connectivity index (χ4v) is 4.25. The van der Waals surface area contributed by atoms with E-state index in [2.05, 4.69) is 20.8 Å². The third-order valence-corrected chi connectivity index (χ3v) is 6.32. The lowest BCUT2D eigenvalue weighted by molar-refractivity contribution is -0.122. The van der Waals surface area contributed by atoms with Crippen LogP contribution in [0.5, 0.6) is 0 Å². The van der Waals surface area contributed by atoms with E-state index in [1.165, 1.54) is 34.8 Å². The van der Waals surface area contributed by atoms with Crippen LogP contribution >= 0.6 is 11.8 Å². The van der Waals surface area contributed by atoms with Crippen molar-refractivity contribution in [3.8, 4) is 5.69 Å². The number of aryl methyl sites for hydroxylation is 1. The molecule has 4 rings (SSSR count). The fourth-order valence-electron chi connectivity index (χ4n) is 3.53. The molecule has 2 N–H and O–H groups in total. The largest absolute Gasteiger partial charge is 0.350 e. The number of halogens is 1. The molecule has 2 heterocycles. The zero-order valence-corrected chi connectivity index (χ0v) is 20.2. The second-order valence-corrected chi connectivity index (χ2v) is 8.94. The summed E-state index contributed by atoms with van der Waals surface area (Å²) in [6.45, 7) is 4.09. The zero-order valence-electron chi connectivity index (χ0n) is 19.4. The number of thioether (sulfide) groups is 1. The quantitative estimate of drug-likeness (QED) is 0.346. The Morgan fingerprint density at radius 1 is 1.03 bits per heavy atom. The maximum absolute atomic E-state index is 13.2. The van der Waals surface area contributed by atoms with E-state index in [0.717, 1.165) is 27.5 Å². The highest BCUT2D eigenvalue weighted by atomic mass is 32.2. The van der Waals surface area contributed by atoms with E-state index in [1.807, 2.05) is 44.2 Å². The van der Waals surface area contributed by atoms with Gasteiger partial charge in [-0.15, -0.1) is 11.8 Å². The molecule has 0 fully saturated rings. The SMILES string of the molecule is Cc1nn(-c2ccc(F)cc2)c(C)c1CNC(=O)Cn1cc(NC(=O)CSc2ccccc2)cn1. The van der Waals surface area contributed by atoms with Crippen molar-refractivity contribution >= 4 is 29.3 Å². The molecule has 0 spiro atoms. The lowest BCUT2D eigenvalue weighted by Crippen LogP contribution is -2.27. The Bertz CT molecular complexity index is 1320. The summed E-state index contributed by atoms with van der Waals surface area (Å²) in [5.74, 6) is -0.402. The molecule has 180 valence electrons. The Labute approximate surface area is 206 Å². The van der Waals surface area contributed by atoms with Crippen molar-refractivity contribution in [3.05, 3.63) is 89.8 Å². The Hall–Kier alpha value is -3.92. The molecule has 0 atom stereocenters. The predicted octanol–water partition coefficient (Wildman–Crippen LogP) is 3.87. The second-order valence-electron chi connectivity index (χ2n) is 7.89. The second kappa shape index (κ2) is 11.0. The van der Waals surface area contributed by atoms with Gasteiger partial charge in [-0.1, -0.05) is 18.2 Å². The predicted molar refractivity (Wildman–Crippen MR) is 133 cm³/mol. The van der Waals surface area contributed by atoms with Crippen LogP contribution in [0.4, 0.5) is 10.1 Å². The van der Waals surface area contributed by atoms with Gasteiger partial charge in [0.15, 0.2) is 0 Å². The van der Waals surface area contributed by atoms with E-state index in [-0.39, 0.29) is 29.9 Å². The van der Waals surface area contributed by atoms with Gasteiger partial charge in [-0.25, -0.2) is 9.07 Å². The van der Waals surface area contributed by atoms with E-state index < -0.39 is 0 Å². The van der Waals surface area contributed by atoms with Crippen LogP contribution in [-0.4, -0.2) is 37.1 Å². The summed E-state index contributed by atoms with van der Waals surface area (Å²) in [5, 5.41) is 14.4. The lowest BCUT2D eigenvalue weighted by atomic mass is 10.2. The topological polar surface area (TPSA) is 93.8 Å². The number of hydrogen-bond donors (Lipinski definition) is 2. The molecule has 0 radical (unpaired) electrons. The Morgan fingerprint density at radius 2 is 1.77 bits per heavy atom. The van der Waals surface area contributed by atoms with Crippen LogP contribution in [0.25, 0.3) is 5.69 Å². The van der Waals surface area contributed by atoms with Gasteiger partial charge in [0.1, 0.15) is 12.4 Å². The summed E-state index contributed by atoms with van der Waals surface area (Å²) in [7, 11) is 0. The summed E-state index contributed by atoms with van der Waals surface area (Å²) in [4.78, 5) is 25.7. The van der Waals surface area contributed by atoms with Crippen molar-refractivity contribution in [1.82, 2.24) is 24.9 Å². The normalized spacial score (nSPS) is 10.8. The Balaban J connectivity index is 1.28. The first-order chi connectivity index (χ1) is 16.9. The van der Waals surface area contributed by atoms with Crippen LogP contribution in [0.2, 0.25) is 0 Å². The Kier molecular flexibility index (Phi) is 7.61. The van der Waals surface area contributed by atoms with Gasteiger partial charge in [0.2, 0.25) is 11.8 Å². The lowest BCUT2D eigenvalue weighted by Gasteiger charge is -2.07. The van der Waals surface area contributed by atoms with E-state index in [1.54, 1.807) is 23.0 Å². The summed E-state index contributed by atoms with van der Waals surface area (Å²) >= 11 is 1.45. The standard InChI is InChI=1S/C25H25FN6O2S/c1-17-23(18(2)32(30-17)21-10-8-19(26)9-11-21)13-27-24(33)15-31-14-20(12-28-31)29-25(34)16-35-22-6-4-3-5-7-22/h3-12,14H,13,15-16H2,1-2H3,(H,27,33)(H,29,34). The molecule has 0 saturated carbocycles. The molecule has 35 heavy (non-hydrogen) atoms. The van der Waals surface area contributed by atoms with Crippen LogP contribution in [-0.2, 0) is 22.7 Å². The number of nitrogens with one attached hydrogen (secondary N) is 2. The smallest absolute Gasteiger partial charge is 0.242 e. The summed E-state index contributed by atoms with van der Waals surface area (Å²) in [6, 6.07) is 15.8. The van der Waals surface area contributed by atoms with Crippen molar-refractivity contribution in [2.45, 2.75) is 31.8 Å². The van der Waals surface area contributed by atoms with E-state index in [9.17, 15) is 14.0 Å². The summed E-state index contributed by atoms with van der Waals surface area (Å²) in [6.07, 6.45) is 3.13. The van der Waals surface area contributed by atoms with E-state index in [0.29, 0.717) is 12.2 Å². The number of carbonyl (C=O) groups is 2. The number of nitrogens with zero attached hydrogens (tertiary/aromatic N) is 4. The van der Waals surface area contributed by atoms with Crippen molar-refractivity contribution in [1.29, 1.82) is 0 Å². The minimum atomic E-state index is -0.310. The van der Waals surface area contributed by atoms with Crippen molar-refractivity contribution < 1.29 is 14.0 Å². The third-order valence-electron chi connectivity index (χ3n) is 5.31. The summed E-state index contributed by atoms with van der Waals surface area (Å²) < 4.78 is 16.4. The number of carbonyl (C=O) groups excluding carboxylic acids is 2. The molecule has 0 aliphatic rings. The van der Waals surface area contributed by atoms with Gasteiger partial charge in [0, 0.05) is 28.9 Å². The number of anilines is 1. The molecule has 0 aliphatic heterocycles. The number of rotatable bonds is 9. The maximum Gasteiger partial charge on any atom is 0.242 e. The minimum absolute atomic E-state index is 0.0127. The van der Waals surface area contributed by atoms with Crippen molar-refractivity contribution in [2.24, 2.45) is 0 Å². The first kappa shape index (κ1) is 24.2. The molecule has 0 saturated heterocycles. The van der Waals surface area contributed by atoms with E-state index >= 15 is 0 Å². The highest BCUT2D eigenvalue weighted by Gasteiger charge is 2.14. The molecule has 0 aliphatic carbocycles. The molecule has 2 aromatic heterocycles. The average Bonchev–Trinajstić information content (AvgIpc) is 3.40. The maximum atomic E-state index is 13.2. The first-order valence-corrected chi connectivity index (χ1v) is 12.0. The molecule has 4 aromatic rings. The van der Waals surface area contributed by atoms with Crippen LogP contribution in [0.15, 0.2) is 71.9 Å². The van der Waals surface area contributed by atoms with Gasteiger partial charge in [-0.2, -0.15) is 10.2 Å². The number of benzene rings is 2. The molecular weight excluding hydrogens is 467 g/mol. The molecule has 0 bridgehead atoms. The van der Waals surface area contributed by atoms with Crippen LogP contribution in [0, 0.1) is 19.7 Å². The fraction of sp³-hybridized carbons (Fsp3) is 0.200. The third kappa shape index (κ3) is 6.36. The zero-order chi connectivity index (χ0) is 24.8. The molecule has 0 unspecified atom stereocenters. The van der Waals surface area contributed by atoms with Crippen LogP contribution in [0.1, 0.15) is 17.0 Å². The monoisotopic (exact) mass is 492 g/mol. The van der Waals surface area contributed by atoms with Crippen molar-refractivity contribution in [2.75, 3.05) is 11.1 Å². The molecule has 2 amide bonds. The van der Waals surface area contributed by atoms with Gasteiger partial charge >= 0.3 is 0 Å². The van der Waals surface area contributed by atoms with Gasteiger partial charge in [-0.05, 0) is 50.2 Å². The summed E-state index contributed by atoms with van der Waals surface area (Å²) in [5.41, 5.74) is 3.82. The van der Waals surface area contributed by atoms with Gasteiger partial charge in [-0.3, -0.25) is 14.3 Å². The minimum Gasteiger partial charge on any atom is -0.350 e. The highest BCUT2D eigenvalue weighted by molar-refractivity contribution is 8.00. The molecule has 10 heteroatoms. The van der Waals surface area contributed by atoms with Crippen LogP contribution < -0.4 is 10.6 Å². The Morgan fingerprint density at radius 3 is 2.51 bits per heavy atom. The van der Waals surface area contributed by atoms with Gasteiger partial charge < -0.3 is 10.6 Å². The molecule has 8 nitrogen and oxygen atoms in total. The van der Waals surface area contributed by atoms with Crippen molar-refractivity contribution in [3.63, 3.8) is 0 Å².